The van der Waals surface area contributed by atoms with Crippen molar-refractivity contribution in [3.05, 3.63) is 29.3 Å². The fraction of sp³-hybridized carbons (Fsp3) is 0.429. The highest BCUT2D eigenvalue weighted by Gasteiger charge is 2.16. The number of aliphatic hydroxyl groups is 1. The Kier molecular flexibility index (Phi) is 5.99. The highest BCUT2D eigenvalue weighted by molar-refractivity contribution is 5.80. The molecule has 0 aliphatic rings. The van der Waals surface area contributed by atoms with Crippen molar-refractivity contribution >= 4 is 11.9 Å². The van der Waals surface area contributed by atoms with Crippen molar-refractivity contribution in [1.82, 2.24) is 5.32 Å². The van der Waals surface area contributed by atoms with Crippen LogP contribution in [0, 0.1) is 6.92 Å². The van der Waals surface area contributed by atoms with Gasteiger partial charge in [0.25, 0.3) is 0 Å². The van der Waals surface area contributed by atoms with Crippen LogP contribution in [0.15, 0.2) is 18.2 Å². The smallest absolute Gasteiger partial charge is 0.336 e. The molecule has 2 N–H and O–H groups in total. The van der Waals surface area contributed by atoms with E-state index in [1.807, 2.05) is 19.1 Å². The Morgan fingerprint density at radius 1 is 1.35 bits per heavy atom. The zero-order valence-corrected chi connectivity index (χ0v) is 11.8. The lowest BCUT2D eigenvalue weighted by Crippen LogP contribution is -2.37. The van der Waals surface area contributed by atoms with E-state index in [1.54, 1.807) is 13.2 Å². The molecule has 0 aliphatic heterocycles. The fourth-order valence-electron chi connectivity index (χ4n) is 1.65. The predicted molar refractivity (Wildman–Crippen MR) is 72.5 cm³/mol. The Morgan fingerprint density at radius 3 is 2.65 bits per heavy atom. The molecule has 0 spiro atoms. The zero-order valence-electron chi connectivity index (χ0n) is 11.8. The van der Waals surface area contributed by atoms with Crippen molar-refractivity contribution in [2.24, 2.45) is 0 Å². The number of hydrogen-bond acceptors (Lipinski definition) is 5. The number of hydrogen-bond donors (Lipinski definition) is 2. The van der Waals surface area contributed by atoms with Crippen molar-refractivity contribution in [2.45, 2.75) is 19.4 Å². The summed E-state index contributed by atoms with van der Waals surface area (Å²) in [4.78, 5) is 22.7. The molecule has 0 bridgehead atoms. The summed E-state index contributed by atoms with van der Waals surface area (Å²) in [5.41, 5.74) is 1.77. The molecule has 6 nitrogen and oxygen atoms in total. The Hall–Kier alpha value is -2.08. The number of rotatable bonds is 6. The molecule has 110 valence electrons. The standard InChI is InChI=1S/C14H19NO5/c1-9-4-5-10(6-12(9)19-2)7-13(17)15-8-11(16)14(18)20-3/h4-6,11,16H,7-8H2,1-3H3,(H,15,17). The number of methoxy groups -OCH3 is 2. The topological polar surface area (TPSA) is 84.9 Å². The average molecular weight is 281 g/mol. The van der Waals surface area contributed by atoms with Gasteiger partial charge < -0.3 is 19.9 Å². The van der Waals surface area contributed by atoms with Gasteiger partial charge in [-0.25, -0.2) is 4.79 Å². The van der Waals surface area contributed by atoms with Crippen LogP contribution in [0.3, 0.4) is 0 Å². The number of carbonyl (C=O) groups is 2. The third-order valence-electron chi connectivity index (χ3n) is 2.80. The van der Waals surface area contributed by atoms with Crippen LogP contribution in [0.5, 0.6) is 5.75 Å². The van der Waals surface area contributed by atoms with Crippen LogP contribution in [0.4, 0.5) is 0 Å². The Morgan fingerprint density at radius 2 is 2.05 bits per heavy atom. The lowest BCUT2D eigenvalue weighted by molar-refractivity contribution is -0.150. The first kappa shape index (κ1) is 16.0. The molecule has 1 aromatic carbocycles. The molecule has 0 aromatic heterocycles. The molecule has 0 saturated heterocycles. The fourth-order valence-corrected chi connectivity index (χ4v) is 1.65. The Labute approximate surface area is 117 Å². The summed E-state index contributed by atoms with van der Waals surface area (Å²) in [5.74, 6) is -0.356. The van der Waals surface area contributed by atoms with Gasteiger partial charge >= 0.3 is 5.97 Å². The summed E-state index contributed by atoms with van der Waals surface area (Å²) >= 11 is 0. The Bertz CT molecular complexity index is 486. The largest absolute Gasteiger partial charge is 0.496 e. The molecule has 1 aromatic rings. The molecule has 0 saturated carbocycles. The van der Waals surface area contributed by atoms with Gasteiger partial charge in [0.15, 0.2) is 6.10 Å². The van der Waals surface area contributed by atoms with E-state index in [0.717, 1.165) is 11.1 Å². The number of nitrogens with one attached hydrogen (secondary N) is 1. The van der Waals surface area contributed by atoms with Gasteiger partial charge in [-0.15, -0.1) is 0 Å². The van der Waals surface area contributed by atoms with Crippen LogP contribution in [0.25, 0.3) is 0 Å². The van der Waals surface area contributed by atoms with E-state index in [9.17, 15) is 14.7 Å². The molecule has 0 radical (unpaired) electrons. The molecular weight excluding hydrogens is 262 g/mol. The zero-order chi connectivity index (χ0) is 15.1. The second kappa shape index (κ2) is 7.49. The molecule has 0 heterocycles. The molecule has 1 rings (SSSR count). The van der Waals surface area contributed by atoms with Crippen molar-refractivity contribution in [3.63, 3.8) is 0 Å². The molecule has 1 unspecified atom stereocenters. The van der Waals surface area contributed by atoms with Crippen LogP contribution in [0.2, 0.25) is 0 Å². The van der Waals surface area contributed by atoms with E-state index in [0.29, 0.717) is 5.75 Å². The number of ether oxygens (including phenoxy) is 2. The van der Waals surface area contributed by atoms with Crippen LogP contribution in [-0.4, -0.2) is 43.9 Å². The Balaban J connectivity index is 2.52. The maximum Gasteiger partial charge on any atom is 0.336 e. The SMILES string of the molecule is COC(=O)C(O)CNC(=O)Cc1ccc(C)c(OC)c1. The van der Waals surface area contributed by atoms with Gasteiger partial charge in [-0.2, -0.15) is 0 Å². The molecule has 0 fully saturated rings. The first-order valence-electron chi connectivity index (χ1n) is 6.14. The van der Waals surface area contributed by atoms with Crippen molar-refractivity contribution in [2.75, 3.05) is 20.8 Å². The average Bonchev–Trinajstić information content (AvgIpc) is 2.45. The van der Waals surface area contributed by atoms with Gasteiger partial charge in [-0.3, -0.25) is 4.79 Å². The number of aliphatic hydroxyl groups excluding tert-OH is 1. The lowest BCUT2D eigenvalue weighted by atomic mass is 10.1. The number of carbonyl (C=O) groups excluding carboxylic acids is 2. The maximum atomic E-state index is 11.7. The number of benzene rings is 1. The van der Waals surface area contributed by atoms with Crippen molar-refractivity contribution in [1.29, 1.82) is 0 Å². The quantitative estimate of drug-likeness (QED) is 0.727. The van der Waals surface area contributed by atoms with Crippen molar-refractivity contribution < 1.29 is 24.2 Å². The van der Waals surface area contributed by atoms with E-state index in [4.69, 9.17) is 4.74 Å². The minimum atomic E-state index is -1.35. The van der Waals surface area contributed by atoms with Gasteiger partial charge in [0.2, 0.25) is 5.91 Å². The summed E-state index contributed by atoms with van der Waals surface area (Å²) in [6.07, 6.45) is -1.21. The molecular formula is C14H19NO5. The first-order chi connectivity index (χ1) is 9.47. The minimum absolute atomic E-state index is 0.143. The summed E-state index contributed by atoms with van der Waals surface area (Å²) in [5, 5.41) is 11.8. The molecule has 20 heavy (non-hydrogen) atoms. The second-order valence-corrected chi connectivity index (χ2v) is 4.32. The minimum Gasteiger partial charge on any atom is -0.496 e. The van der Waals surface area contributed by atoms with E-state index in [2.05, 4.69) is 10.1 Å². The number of esters is 1. The molecule has 0 aliphatic carbocycles. The van der Waals surface area contributed by atoms with Gasteiger partial charge in [0, 0.05) is 0 Å². The molecule has 6 heteroatoms. The van der Waals surface area contributed by atoms with E-state index >= 15 is 0 Å². The number of aryl methyl sites for hydroxylation is 1. The summed E-state index contributed by atoms with van der Waals surface area (Å²) < 4.78 is 9.53. The van der Waals surface area contributed by atoms with Gasteiger partial charge in [0.05, 0.1) is 27.2 Å². The van der Waals surface area contributed by atoms with Crippen LogP contribution >= 0.6 is 0 Å². The van der Waals surface area contributed by atoms with Gasteiger partial charge in [0.1, 0.15) is 5.75 Å². The van der Waals surface area contributed by atoms with Gasteiger partial charge in [-0.1, -0.05) is 12.1 Å². The van der Waals surface area contributed by atoms with E-state index in [1.165, 1.54) is 7.11 Å². The highest BCUT2D eigenvalue weighted by atomic mass is 16.5. The van der Waals surface area contributed by atoms with E-state index < -0.39 is 12.1 Å². The maximum absolute atomic E-state index is 11.7. The third-order valence-corrected chi connectivity index (χ3v) is 2.80. The first-order valence-corrected chi connectivity index (χ1v) is 6.14. The summed E-state index contributed by atoms with van der Waals surface area (Å²) in [6, 6.07) is 5.48. The second-order valence-electron chi connectivity index (χ2n) is 4.32. The van der Waals surface area contributed by atoms with E-state index in [-0.39, 0.29) is 18.9 Å². The molecule has 1 atom stereocenters. The van der Waals surface area contributed by atoms with Crippen molar-refractivity contribution in [3.8, 4) is 5.75 Å². The van der Waals surface area contributed by atoms with Crippen LogP contribution in [-0.2, 0) is 20.7 Å². The molecule has 1 amide bonds. The summed E-state index contributed by atoms with van der Waals surface area (Å²) in [7, 11) is 2.74. The summed E-state index contributed by atoms with van der Waals surface area (Å²) in [6.45, 7) is 1.74. The van der Waals surface area contributed by atoms with Crippen LogP contribution in [0.1, 0.15) is 11.1 Å². The monoisotopic (exact) mass is 281 g/mol. The van der Waals surface area contributed by atoms with Crippen LogP contribution < -0.4 is 10.1 Å². The van der Waals surface area contributed by atoms with Gasteiger partial charge in [-0.05, 0) is 24.1 Å². The lowest BCUT2D eigenvalue weighted by Gasteiger charge is -2.11. The predicted octanol–water partition coefficient (Wildman–Crippen LogP) is 0.196. The highest BCUT2D eigenvalue weighted by Crippen LogP contribution is 2.19. The normalized spacial score (nSPS) is 11.6. The third kappa shape index (κ3) is 4.55. The number of amides is 1.